The number of carbonyl (C=O) groups excluding carboxylic acids is 1. The standard InChI is InChI=1S/C10H9BrClNO/c1-7-4-8(11)2-3-10(7)13-5-9(12)6-14/h2-6,13H,1H3/b9-5-. The van der Waals surface area contributed by atoms with E-state index in [1.807, 2.05) is 25.1 Å². The van der Waals surface area contributed by atoms with Gasteiger partial charge in [-0.05, 0) is 30.7 Å². The number of carbonyl (C=O) groups is 1. The van der Waals surface area contributed by atoms with Crippen molar-refractivity contribution < 1.29 is 4.79 Å². The zero-order valence-electron chi connectivity index (χ0n) is 7.55. The molecule has 2 nitrogen and oxygen atoms in total. The summed E-state index contributed by atoms with van der Waals surface area (Å²) in [6.45, 7) is 1.97. The molecule has 0 aliphatic rings. The molecule has 0 spiro atoms. The molecule has 1 N–H and O–H groups in total. The minimum Gasteiger partial charge on any atom is -0.360 e. The number of hydrogen-bond acceptors (Lipinski definition) is 2. The van der Waals surface area contributed by atoms with Crippen LogP contribution in [0.15, 0.2) is 33.9 Å². The summed E-state index contributed by atoms with van der Waals surface area (Å²) in [5.74, 6) is 0. The maximum atomic E-state index is 10.2. The van der Waals surface area contributed by atoms with Crippen molar-refractivity contribution in [1.82, 2.24) is 0 Å². The van der Waals surface area contributed by atoms with E-state index in [-0.39, 0.29) is 5.03 Å². The van der Waals surface area contributed by atoms with Gasteiger partial charge in [0, 0.05) is 16.4 Å². The fourth-order valence-electron chi connectivity index (χ4n) is 0.970. The van der Waals surface area contributed by atoms with Crippen molar-refractivity contribution in [2.24, 2.45) is 0 Å². The number of nitrogens with one attached hydrogen (secondary N) is 1. The molecule has 0 radical (unpaired) electrons. The number of benzene rings is 1. The van der Waals surface area contributed by atoms with Gasteiger partial charge in [-0.2, -0.15) is 0 Å². The number of aryl methyl sites for hydroxylation is 1. The van der Waals surface area contributed by atoms with Crippen molar-refractivity contribution in [2.45, 2.75) is 6.92 Å². The Hall–Kier alpha value is -0.800. The van der Waals surface area contributed by atoms with Gasteiger partial charge in [-0.3, -0.25) is 4.79 Å². The van der Waals surface area contributed by atoms with Crippen molar-refractivity contribution in [3.8, 4) is 0 Å². The summed E-state index contributed by atoms with van der Waals surface area (Å²) in [4.78, 5) is 10.2. The highest BCUT2D eigenvalue weighted by atomic mass is 79.9. The predicted octanol–water partition coefficient (Wildman–Crippen LogP) is 3.45. The second-order valence-corrected chi connectivity index (χ2v) is 4.10. The fourth-order valence-corrected chi connectivity index (χ4v) is 1.50. The third-order valence-corrected chi connectivity index (χ3v) is 2.36. The zero-order valence-corrected chi connectivity index (χ0v) is 9.89. The fraction of sp³-hybridized carbons (Fsp3) is 0.100. The molecule has 1 rings (SSSR count). The largest absolute Gasteiger partial charge is 0.360 e. The predicted molar refractivity (Wildman–Crippen MR) is 62.5 cm³/mol. The lowest BCUT2D eigenvalue weighted by molar-refractivity contribution is -0.104. The minimum absolute atomic E-state index is 0.146. The smallest absolute Gasteiger partial charge is 0.162 e. The number of halogens is 2. The third-order valence-electron chi connectivity index (χ3n) is 1.67. The summed E-state index contributed by atoms with van der Waals surface area (Å²) >= 11 is 8.88. The molecule has 0 saturated heterocycles. The molecule has 0 heterocycles. The van der Waals surface area contributed by atoms with Gasteiger partial charge in [0.15, 0.2) is 6.29 Å². The van der Waals surface area contributed by atoms with Crippen LogP contribution in [0.3, 0.4) is 0 Å². The van der Waals surface area contributed by atoms with E-state index in [4.69, 9.17) is 11.6 Å². The van der Waals surface area contributed by atoms with Gasteiger partial charge in [0.05, 0.1) is 5.03 Å². The monoisotopic (exact) mass is 273 g/mol. The van der Waals surface area contributed by atoms with Crippen molar-refractivity contribution in [2.75, 3.05) is 5.32 Å². The van der Waals surface area contributed by atoms with Crippen LogP contribution in [0.2, 0.25) is 0 Å². The third kappa shape index (κ3) is 3.16. The van der Waals surface area contributed by atoms with E-state index < -0.39 is 0 Å². The summed E-state index contributed by atoms with van der Waals surface area (Å²) in [6.07, 6.45) is 2.05. The van der Waals surface area contributed by atoms with Gasteiger partial charge in [0.2, 0.25) is 0 Å². The van der Waals surface area contributed by atoms with E-state index in [0.29, 0.717) is 6.29 Å². The normalized spacial score (nSPS) is 11.2. The topological polar surface area (TPSA) is 29.1 Å². The van der Waals surface area contributed by atoms with Crippen LogP contribution in [0.1, 0.15) is 5.56 Å². The zero-order chi connectivity index (χ0) is 10.6. The van der Waals surface area contributed by atoms with Crippen molar-refractivity contribution in [1.29, 1.82) is 0 Å². The minimum atomic E-state index is 0.146. The molecule has 0 saturated carbocycles. The molecule has 74 valence electrons. The van der Waals surface area contributed by atoms with Crippen molar-refractivity contribution >= 4 is 39.5 Å². The van der Waals surface area contributed by atoms with Crippen LogP contribution in [-0.4, -0.2) is 6.29 Å². The van der Waals surface area contributed by atoms with Crippen LogP contribution in [0.5, 0.6) is 0 Å². The molecule has 0 fully saturated rings. The van der Waals surface area contributed by atoms with Crippen LogP contribution in [-0.2, 0) is 4.79 Å². The van der Waals surface area contributed by atoms with Gasteiger partial charge < -0.3 is 5.32 Å². The first-order valence-electron chi connectivity index (χ1n) is 3.97. The maximum absolute atomic E-state index is 10.2. The Kier molecular flexibility index (Phi) is 4.17. The number of hydrogen-bond donors (Lipinski definition) is 1. The van der Waals surface area contributed by atoms with Gasteiger partial charge in [-0.15, -0.1) is 0 Å². The van der Waals surface area contributed by atoms with Gasteiger partial charge in [-0.25, -0.2) is 0 Å². The molecule has 0 bridgehead atoms. The second kappa shape index (κ2) is 5.17. The summed E-state index contributed by atoms with van der Waals surface area (Å²) < 4.78 is 1.02. The van der Waals surface area contributed by atoms with Crippen molar-refractivity contribution in [3.63, 3.8) is 0 Å². The van der Waals surface area contributed by atoms with Crippen LogP contribution < -0.4 is 5.32 Å². The molecule has 0 amide bonds. The molecule has 0 aliphatic heterocycles. The van der Waals surface area contributed by atoms with Gasteiger partial charge in [0.25, 0.3) is 0 Å². The molecule has 0 unspecified atom stereocenters. The average molecular weight is 275 g/mol. The summed E-state index contributed by atoms with van der Waals surface area (Å²) in [5, 5.41) is 3.09. The summed E-state index contributed by atoms with van der Waals surface area (Å²) in [5.41, 5.74) is 2.00. The first kappa shape index (κ1) is 11.3. The lowest BCUT2D eigenvalue weighted by atomic mass is 10.2. The van der Waals surface area contributed by atoms with E-state index in [1.54, 1.807) is 0 Å². The second-order valence-electron chi connectivity index (χ2n) is 2.75. The summed E-state index contributed by atoms with van der Waals surface area (Å²) in [7, 11) is 0. The Morgan fingerprint density at radius 3 is 2.86 bits per heavy atom. The molecule has 4 heteroatoms. The number of rotatable bonds is 3. The molecular weight excluding hydrogens is 265 g/mol. The highest BCUT2D eigenvalue weighted by Crippen LogP contribution is 2.20. The van der Waals surface area contributed by atoms with Crippen LogP contribution >= 0.6 is 27.5 Å². The molecule has 1 aromatic rings. The van der Waals surface area contributed by atoms with E-state index in [1.165, 1.54) is 6.20 Å². The molecular formula is C10H9BrClNO. The molecule has 0 aromatic heterocycles. The van der Waals surface area contributed by atoms with Crippen LogP contribution in [0.25, 0.3) is 0 Å². The lowest BCUT2D eigenvalue weighted by Gasteiger charge is -2.05. The van der Waals surface area contributed by atoms with E-state index in [0.717, 1.165) is 15.7 Å². The van der Waals surface area contributed by atoms with Gasteiger partial charge in [-0.1, -0.05) is 27.5 Å². The highest BCUT2D eigenvalue weighted by molar-refractivity contribution is 9.10. The summed E-state index contributed by atoms with van der Waals surface area (Å²) in [6, 6.07) is 5.80. The Labute approximate surface area is 96.1 Å². The van der Waals surface area contributed by atoms with E-state index in [2.05, 4.69) is 21.2 Å². The first-order valence-corrected chi connectivity index (χ1v) is 5.14. The van der Waals surface area contributed by atoms with Crippen molar-refractivity contribution in [3.05, 3.63) is 39.5 Å². The highest BCUT2D eigenvalue weighted by Gasteiger charge is 1.96. The first-order chi connectivity index (χ1) is 6.63. The number of allylic oxidation sites excluding steroid dienone is 1. The number of anilines is 1. The molecule has 0 atom stereocenters. The molecule has 1 aromatic carbocycles. The van der Waals surface area contributed by atoms with Crippen LogP contribution in [0.4, 0.5) is 5.69 Å². The van der Waals surface area contributed by atoms with Gasteiger partial charge >= 0.3 is 0 Å². The van der Waals surface area contributed by atoms with Crippen LogP contribution in [0, 0.1) is 6.92 Å². The quantitative estimate of drug-likeness (QED) is 0.676. The Bertz CT molecular complexity index is 376. The van der Waals surface area contributed by atoms with E-state index >= 15 is 0 Å². The van der Waals surface area contributed by atoms with E-state index in [9.17, 15) is 4.79 Å². The SMILES string of the molecule is Cc1cc(Br)ccc1N/C=C(\Cl)C=O. The van der Waals surface area contributed by atoms with Gasteiger partial charge in [0.1, 0.15) is 0 Å². The maximum Gasteiger partial charge on any atom is 0.162 e. The lowest BCUT2D eigenvalue weighted by Crippen LogP contribution is -1.92. The average Bonchev–Trinajstić information content (AvgIpc) is 2.16. The Morgan fingerprint density at radius 2 is 2.29 bits per heavy atom. The Balaban J connectivity index is 2.82. The molecule has 14 heavy (non-hydrogen) atoms. The number of aldehydes is 1. The Morgan fingerprint density at radius 1 is 1.57 bits per heavy atom. The molecule has 0 aliphatic carbocycles.